The Hall–Kier alpha value is -3.01. The summed E-state index contributed by atoms with van der Waals surface area (Å²) in [6.07, 6.45) is 2.31. The topological polar surface area (TPSA) is 77.6 Å². The molecular formula is C28H36FN5O2S. The first kappa shape index (κ1) is 27.0. The lowest BCUT2D eigenvalue weighted by molar-refractivity contribution is 0.311. The summed E-state index contributed by atoms with van der Waals surface area (Å²) in [4.78, 5) is 9.02. The molecule has 1 aromatic heterocycles. The van der Waals surface area contributed by atoms with Crippen molar-refractivity contribution in [1.82, 2.24) is 14.6 Å². The minimum absolute atomic E-state index is 0.237. The molecule has 1 saturated heterocycles. The summed E-state index contributed by atoms with van der Waals surface area (Å²) < 4.78 is 43.2. The van der Waals surface area contributed by atoms with E-state index in [1.165, 1.54) is 6.07 Å². The third-order valence-corrected chi connectivity index (χ3v) is 8.08. The third-order valence-electron chi connectivity index (χ3n) is 6.32. The van der Waals surface area contributed by atoms with Crippen LogP contribution in [0.1, 0.15) is 37.5 Å². The van der Waals surface area contributed by atoms with Gasteiger partial charge >= 0.3 is 0 Å². The predicted octanol–water partition coefficient (Wildman–Crippen LogP) is 4.69. The molecule has 198 valence electrons. The van der Waals surface area contributed by atoms with Crippen molar-refractivity contribution in [3.63, 3.8) is 0 Å². The van der Waals surface area contributed by atoms with Crippen LogP contribution in [0.5, 0.6) is 0 Å². The Bertz CT molecular complexity index is 1360. The van der Waals surface area contributed by atoms with Gasteiger partial charge in [0.25, 0.3) is 0 Å². The molecule has 0 bridgehead atoms. The molecule has 0 unspecified atom stereocenters. The summed E-state index contributed by atoms with van der Waals surface area (Å²) in [5.41, 5.74) is 3.54. The number of aromatic nitrogens is 1. The van der Waals surface area contributed by atoms with Crippen LogP contribution in [0.25, 0.3) is 0 Å². The molecule has 1 fully saturated rings. The van der Waals surface area contributed by atoms with Crippen molar-refractivity contribution < 1.29 is 12.8 Å². The highest BCUT2D eigenvalue weighted by atomic mass is 32.2. The molecule has 0 saturated carbocycles. The quantitative estimate of drug-likeness (QED) is 0.466. The highest BCUT2D eigenvalue weighted by Crippen LogP contribution is 2.27. The Morgan fingerprint density at radius 3 is 2.43 bits per heavy atom. The maximum atomic E-state index is 14.9. The van der Waals surface area contributed by atoms with E-state index in [1.807, 2.05) is 52.0 Å². The van der Waals surface area contributed by atoms with Crippen LogP contribution in [-0.4, -0.2) is 57.1 Å². The fraction of sp³-hybridized carbons (Fsp3) is 0.393. The Morgan fingerprint density at radius 2 is 1.76 bits per heavy atom. The number of piperazine rings is 1. The number of hydrogen-bond donors (Lipinski definition) is 2. The zero-order valence-electron chi connectivity index (χ0n) is 22.2. The molecule has 1 aliphatic rings. The molecule has 1 aliphatic heterocycles. The zero-order chi connectivity index (χ0) is 26.8. The molecule has 2 N–H and O–H groups in total. The molecule has 0 radical (unpaired) electrons. The molecule has 0 aliphatic carbocycles. The third kappa shape index (κ3) is 7.06. The van der Waals surface area contributed by atoms with Crippen molar-refractivity contribution in [2.45, 2.75) is 44.6 Å². The summed E-state index contributed by atoms with van der Waals surface area (Å²) in [6, 6.07) is 14.1. The van der Waals surface area contributed by atoms with Gasteiger partial charge < -0.3 is 15.1 Å². The van der Waals surface area contributed by atoms with Gasteiger partial charge in [-0.1, -0.05) is 12.1 Å². The first-order chi connectivity index (χ1) is 17.4. The summed E-state index contributed by atoms with van der Waals surface area (Å²) in [6.45, 7) is 10.8. The van der Waals surface area contributed by atoms with Gasteiger partial charge in [-0.15, -0.1) is 0 Å². The molecule has 0 amide bonds. The van der Waals surface area contributed by atoms with E-state index in [0.29, 0.717) is 23.6 Å². The van der Waals surface area contributed by atoms with Crippen LogP contribution in [0.4, 0.5) is 21.6 Å². The van der Waals surface area contributed by atoms with Gasteiger partial charge in [0, 0.05) is 43.6 Å². The SMILES string of the molecule is Cc1cnc(Nc2ccc(N3CCN(C)CC3)c(F)c2)cc1Cc1cccc(S(=O)(=O)NC(C)(C)C)c1. The monoisotopic (exact) mass is 525 g/mol. The van der Waals surface area contributed by atoms with E-state index in [1.54, 1.807) is 24.4 Å². The number of pyridine rings is 1. The molecule has 7 nitrogen and oxygen atoms in total. The normalized spacial score (nSPS) is 15.1. The van der Waals surface area contributed by atoms with Crippen LogP contribution < -0.4 is 14.9 Å². The average Bonchev–Trinajstić information content (AvgIpc) is 2.81. The van der Waals surface area contributed by atoms with Crippen molar-refractivity contribution in [3.05, 3.63) is 77.2 Å². The summed E-state index contributed by atoms with van der Waals surface area (Å²) in [7, 11) is -1.55. The van der Waals surface area contributed by atoms with Crippen LogP contribution in [0, 0.1) is 12.7 Å². The highest BCUT2D eigenvalue weighted by molar-refractivity contribution is 7.89. The smallest absolute Gasteiger partial charge is 0.241 e. The predicted molar refractivity (Wildman–Crippen MR) is 148 cm³/mol. The maximum absolute atomic E-state index is 14.9. The van der Waals surface area contributed by atoms with Crippen LogP contribution in [0.15, 0.2) is 59.6 Å². The Morgan fingerprint density at radius 1 is 1.03 bits per heavy atom. The molecular weight excluding hydrogens is 489 g/mol. The fourth-order valence-corrected chi connectivity index (χ4v) is 5.85. The first-order valence-electron chi connectivity index (χ1n) is 12.5. The van der Waals surface area contributed by atoms with E-state index < -0.39 is 15.6 Å². The van der Waals surface area contributed by atoms with Gasteiger partial charge in [0.2, 0.25) is 10.0 Å². The van der Waals surface area contributed by atoms with Gasteiger partial charge in [-0.05, 0) is 94.3 Å². The number of likely N-dealkylation sites (N-methyl/N-ethyl adjacent to an activating group) is 1. The minimum atomic E-state index is -3.63. The van der Waals surface area contributed by atoms with Crippen molar-refractivity contribution in [1.29, 1.82) is 0 Å². The standard InChI is InChI=1S/C28H36FN5O2S/c1-20-19-30-27(31-23-9-10-26(25(29)18-23)34-13-11-33(5)12-14-34)17-22(20)15-21-7-6-8-24(16-21)37(35,36)32-28(2,3)4/h6-10,16-19,32H,11-15H2,1-5H3,(H,30,31). The second-order valence-electron chi connectivity index (χ2n) is 10.8. The lowest BCUT2D eigenvalue weighted by Crippen LogP contribution is -2.44. The van der Waals surface area contributed by atoms with Gasteiger partial charge in [0.05, 0.1) is 10.6 Å². The number of rotatable bonds is 7. The zero-order valence-corrected chi connectivity index (χ0v) is 23.0. The average molecular weight is 526 g/mol. The van der Waals surface area contributed by atoms with Gasteiger partial charge in [-0.25, -0.2) is 22.5 Å². The largest absolute Gasteiger partial charge is 0.367 e. The highest BCUT2D eigenvalue weighted by Gasteiger charge is 2.22. The molecule has 2 heterocycles. The van der Waals surface area contributed by atoms with E-state index in [0.717, 1.165) is 42.9 Å². The van der Waals surface area contributed by atoms with Crippen LogP contribution in [0.2, 0.25) is 0 Å². The van der Waals surface area contributed by atoms with E-state index in [2.05, 4.69) is 31.9 Å². The van der Waals surface area contributed by atoms with Crippen molar-refractivity contribution in [2.75, 3.05) is 43.4 Å². The molecule has 9 heteroatoms. The second-order valence-corrected chi connectivity index (χ2v) is 12.4. The Balaban J connectivity index is 1.50. The molecule has 0 spiro atoms. The fourth-order valence-electron chi connectivity index (χ4n) is 4.37. The Kier molecular flexibility index (Phi) is 7.87. The van der Waals surface area contributed by atoms with E-state index in [-0.39, 0.29) is 10.7 Å². The lowest BCUT2D eigenvalue weighted by atomic mass is 10.0. The summed E-state index contributed by atoms with van der Waals surface area (Å²) >= 11 is 0. The number of hydrogen-bond acceptors (Lipinski definition) is 6. The van der Waals surface area contributed by atoms with Crippen LogP contribution in [-0.2, 0) is 16.4 Å². The second kappa shape index (κ2) is 10.8. The van der Waals surface area contributed by atoms with Gasteiger partial charge in [-0.2, -0.15) is 0 Å². The maximum Gasteiger partial charge on any atom is 0.241 e. The van der Waals surface area contributed by atoms with E-state index in [9.17, 15) is 12.8 Å². The molecule has 3 aromatic rings. The van der Waals surface area contributed by atoms with Gasteiger partial charge in [0.1, 0.15) is 11.6 Å². The number of benzene rings is 2. The number of aryl methyl sites for hydroxylation is 1. The first-order valence-corrected chi connectivity index (χ1v) is 14.0. The summed E-state index contributed by atoms with van der Waals surface area (Å²) in [5, 5.41) is 3.21. The number of sulfonamides is 1. The van der Waals surface area contributed by atoms with Crippen LogP contribution in [0.3, 0.4) is 0 Å². The molecule has 4 rings (SSSR count). The molecule has 37 heavy (non-hydrogen) atoms. The van der Waals surface area contributed by atoms with Gasteiger partial charge in [0.15, 0.2) is 0 Å². The Labute approximate surface area is 219 Å². The number of halogens is 1. The van der Waals surface area contributed by atoms with Crippen LogP contribution >= 0.6 is 0 Å². The van der Waals surface area contributed by atoms with Crippen molar-refractivity contribution >= 4 is 27.2 Å². The van der Waals surface area contributed by atoms with Crippen molar-refractivity contribution in [2.24, 2.45) is 0 Å². The number of nitrogens with one attached hydrogen (secondary N) is 2. The van der Waals surface area contributed by atoms with E-state index in [4.69, 9.17) is 0 Å². The lowest BCUT2D eigenvalue weighted by Gasteiger charge is -2.34. The molecule has 0 atom stereocenters. The van der Waals surface area contributed by atoms with Gasteiger partial charge in [-0.3, -0.25) is 0 Å². The minimum Gasteiger partial charge on any atom is -0.367 e. The molecule has 2 aromatic carbocycles. The number of nitrogens with zero attached hydrogens (tertiary/aromatic N) is 3. The van der Waals surface area contributed by atoms with E-state index >= 15 is 0 Å². The van der Waals surface area contributed by atoms with Crippen molar-refractivity contribution in [3.8, 4) is 0 Å². The number of anilines is 3. The summed E-state index contributed by atoms with van der Waals surface area (Å²) in [5.74, 6) is 0.342.